The van der Waals surface area contributed by atoms with Crippen LogP contribution in [0.2, 0.25) is 0 Å². The molecular weight excluding hydrogens is 355 g/mol. The standard InChI is InChI=1S/C19H15FN2O3S/c1-2-16(23)21-15-6-4-3-5-14(15)19(18(21)25)22(17(24)11-26-19)13-9-7-12(20)8-10-13/h3-10H,2,11H2,1H3. The average molecular weight is 370 g/mol. The Balaban J connectivity index is 1.94. The van der Waals surface area contributed by atoms with Crippen molar-refractivity contribution in [3.63, 3.8) is 0 Å². The summed E-state index contributed by atoms with van der Waals surface area (Å²) in [5, 5.41) is 0. The number of hydrogen-bond donors (Lipinski definition) is 0. The van der Waals surface area contributed by atoms with Crippen molar-refractivity contribution < 1.29 is 18.8 Å². The Morgan fingerprint density at radius 1 is 1.15 bits per heavy atom. The Morgan fingerprint density at radius 3 is 2.54 bits per heavy atom. The van der Waals surface area contributed by atoms with E-state index in [0.29, 0.717) is 16.9 Å². The van der Waals surface area contributed by atoms with E-state index in [1.807, 2.05) is 0 Å². The zero-order chi connectivity index (χ0) is 18.5. The van der Waals surface area contributed by atoms with Gasteiger partial charge in [0, 0.05) is 17.7 Å². The van der Waals surface area contributed by atoms with Crippen LogP contribution in [0, 0.1) is 5.82 Å². The van der Waals surface area contributed by atoms with Crippen molar-refractivity contribution in [3.05, 3.63) is 59.9 Å². The van der Waals surface area contributed by atoms with Crippen LogP contribution < -0.4 is 9.80 Å². The average Bonchev–Trinajstić information content (AvgIpc) is 3.12. The second-order valence-electron chi connectivity index (χ2n) is 6.04. The molecule has 2 heterocycles. The number of hydrogen-bond acceptors (Lipinski definition) is 4. The fraction of sp³-hybridized carbons (Fsp3) is 0.211. The number of fused-ring (bicyclic) bond motifs is 2. The summed E-state index contributed by atoms with van der Waals surface area (Å²) in [6.07, 6.45) is 0.172. The van der Waals surface area contributed by atoms with E-state index in [-0.39, 0.29) is 24.0 Å². The fourth-order valence-corrected chi connectivity index (χ4v) is 4.82. The van der Waals surface area contributed by atoms with Gasteiger partial charge in [0.05, 0.1) is 11.4 Å². The smallest absolute Gasteiger partial charge is 0.275 e. The van der Waals surface area contributed by atoms with Gasteiger partial charge in [0.25, 0.3) is 5.91 Å². The first-order valence-electron chi connectivity index (χ1n) is 8.20. The summed E-state index contributed by atoms with van der Waals surface area (Å²) in [6.45, 7) is 1.69. The molecule has 26 heavy (non-hydrogen) atoms. The molecule has 0 bridgehead atoms. The van der Waals surface area contributed by atoms with Gasteiger partial charge in [-0.05, 0) is 30.3 Å². The quantitative estimate of drug-likeness (QED) is 0.815. The molecule has 4 rings (SSSR count). The molecule has 2 aliphatic rings. The highest BCUT2D eigenvalue weighted by molar-refractivity contribution is 8.02. The second-order valence-corrected chi connectivity index (χ2v) is 7.21. The lowest BCUT2D eigenvalue weighted by Crippen LogP contribution is -2.50. The van der Waals surface area contributed by atoms with Crippen LogP contribution in [-0.2, 0) is 19.3 Å². The molecule has 0 aromatic heterocycles. The number of carbonyl (C=O) groups is 3. The number of thioether (sulfide) groups is 1. The summed E-state index contributed by atoms with van der Waals surface area (Å²) in [5.41, 5.74) is 1.53. The molecule has 2 aromatic carbocycles. The highest BCUT2D eigenvalue weighted by Crippen LogP contribution is 2.55. The van der Waals surface area contributed by atoms with Gasteiger partial charge in [0.2, 0.25) is 16.7 Å². The van der Waals surface area contributed by atoms with Crippen LogP contribution in [0.4, 0.5) is 15.8 Å². The highest BCUT2D eigenvalue weighted by atomic mass is 32.2. The zero-order valence-corrected chi connectivity index (χ0v) is 14.8. The number of amides is 3. The lowest BCUT2D eigenvalue weighted by molar-refractivity contribution is -0.128. The predicted molar refractivity (Wildman–Crippen MR) is 97.2 cm³/mol. The van der Waals surface area contributed by atoms with Gasteiger partial charge in [-0.25, -0.2) is 9.29 Å². The number of benzene rings is 2. The van der Waals surface area contributed by atoms with E-state index in [4.69, 9.17) is 0 Å². The molecule has 132 valence electrons. The molecule has 3 amide bonds. The Labute approximate surface area is 153 Å². The summed E-state index contributed by atoms with van der Waals surface area (Å²) in [5.74, 6) is -1.35. The Bertz CT molecular complexity index is 931. The van der Waals surface area contributed by atoms with Crippen molar-refractivity contribution in [2.24, 2.45) is 0 Å². The molecule has 7 heteroatoms. The monoisotopic (exact) mass is 370 g/mol. The number of halogens is 1. The van der Waals surface area contributed by atoms with E-state index in [2.05, 4.69) is 0 Å². The first-order valence-corrected chi connectivity index (χ1v) is 9.18. The Morgan fingerprint density at radius 2 is 1.85 bits per heavy atom. The van der Waals surface area contributed by atoms with Crippen LogP contribution in [0.3, 0.4) is 0 Å². The lowest BCUT2D eigenvalue weighted by Gasteiger charge is -2.33. The van der Waals surface area contributed by atoms with Crippen molar-refractivity contribution in [1.29, 1.82) is 0 Å². The molecule has 2 aliphatic heterocycles. The van der Waals surface area contributed by atoms with Crippen LogP contribution in [0.15, 0.2) is 48.5 Å². The van der Waals surface area contributed by atoms with Gasteiger partial charge >= 0.3 is 0 Å². The van der Waals surface area contributed by atoms with Gasteiger partial charge in [-0.15, -0.1) is 11.8 Å². The van der Waals surface area contributed by atoms with Gasteiger partial charge in [0.1, 0.15) is 5.82 Å². The number of rotatable bonds is 2. The van der Waals surface area contributed by atoms with Gasteiger partial charge in [0.15, 0.2) is 0 Å². The normalized spacial score (nSPS) is 21.6. The number of para-hydroxylation sites is 1. The first-order chi connectivity index (χ1) is 12.5. The molecule has 0 N–H and O–H groups in total. The number of carbonyl (C=O) groups excluding carboxylic acids is 3. The van der Waals surface area contributed by atoms with Crippen molar-refractivity contribution >= 4 is 40.9 Å². The highest BCUT2D eigenvalue weighted by Gasteiger charge is 2.61. The van der Waals surface area contributed by atoms with Crippen molar-refractivity contribution in [3.8, 4) is 0 Å². The molecule has 1 saturated heterocycles. The topological polar surface area (TPSA) is 57.7 Å². The predicted octanol–water partition coefficient (Wildman–Crippen LogP) is 3.04. The number of imide groups is 1. The summed E-state index contributed by atoms with van der Waals surface area (Å²) >= 11 is 1.19. The van der Waals surface area contributed by atoms with Crippen molar-refractivity contribution in [2.75, 3.05) is 15.6 Å². The lowest BCUT2D eigenvalue weighted by atomic mass is 10.0. The third-order valence-electron chi connectivity index (χ3n) is 4.61. The van der Waals surface area contributed by atoms with Crippen LogP contribution in [0.1, 0.15) is 18.9 Å². The van der Waals surface area contributed by atoms with Crippen LogP contribution >= 0.6 is 11.8 Å². The summed E-state index contributed by atoms with van der Waals surface area (Å²) in [4.78, 5) is 39.7. The van der Waals surface area contributed by atoms with Crippen molar-refractivity contribution in [2.45, 2.75) is 18.2 Å². The maximum Gasteiger partial charge on any atom is 0.275 e. The van der Waals surface area contributed by atoms with Gasteiger partial charge in [-0.2, -0.15) is 0 Å². The zero-order valence-electron chi connectivity index (χ0n) is 13.9. The molecule has 5 nitrogen and oxygen atoms in total. The van der Waals surface area contributed by atoms with Gasteiger partial charge in [-0.3, -0.25) is 19.3 Å². The minimum absolute atomic E-state index is 0.103. The molecule has 0 aliphatic carbocycles. The molecule has 0 radical (unpaired) electrons. The first kappa shape index (κ1) is 16.8. The summed E-state index contributed by atoms with van der Waals surface area (Å²) in [7, 11) is 0. The van der Waals surface area contributed by atoms with E-state index >= 15 is 0 Å². The third-order valence-corrected chi connectivity index (χ3v) is 5.99. The summed E-state index contributed by atoms with van der Waals surface area (Å²) in [6, 6.07) is 12.5. The van der Waals surface area contributed by atoms with E-state index in [1.54, 1.807) is 31.2 Å². The molecule has 1 atom stereocenters. The van der Waals surface area contributed by atoms with E-state index < -0.39 is 16.6 Å². The molecule has 1 spiro atoms. The van der Waals surface area contributed by atoms with Crippen molar-refractivity contribution in [1.82, 2.24) is 0 Å². The van der Waals surface area contributed by atoms with Crippen LogP contribution in [0.25, 0.3) is 0 Å². The van der Waals surface area contributed by atoms with Gasteiger partial charge < -0.3 is 0 Å². The van der Waals surface area contributed by atoms with Crippen LogP contribution in [-0.4, -0.2) is 23.5 Å². The Kier molecular flexibility index (Phi) is 3.84. The van der Waals surface area contributed by atoms with E-state index in [1.165, 1.54) is 40.9 Å². The van der Waals surface area contributed by atoms with E-state index in [9.17, 15) is 18.8 Å². The SMILES string of the molecule is CCC(=O)N1C(=O)C2(SCC(=O)N2c2ccc(F)cc2)c2ccccc21. The molecule has 0 saturated carbocycles. The number of anilines is 2. The molecule has 2 aromatic rings. The third kappa shape index (κ3) is 2.13. The Hall–Kier alpha value is -2.67. The number of nitrogens with zero attached hydrogens (tertiary/aromatic N) is 2. The maximum atomic E-state index is 13.4. The largest absolute Gasteiger partial charge is 0.283 e. The molecule has 1 unspecified atom stereocenters. The summed E-state index contributed by atoms with van der Waals surface area (Å²) < 4.78 is 13.3. The van der Waals surface area contributed by atoms with E-state index in [0.717, 1.165) is 4.90 Å². The molecular formula is C19H15FN2O3S. The minimum Gasteiger partial charge on any atom is -0.283 e. The molecule has 1 fully saturated rings. The fourth-order valence-electron chi connectivity index (χ4n) is 3.48. The maximum absolute atomic E-state index is 13.4. The minimum atomic E-state index is -1.34. The van der Waals surface area contributed by atoms with Gasteiger partial charge in [-0.1, -0.05) is 25.1 Å². The second kappa shape index (κ2) is 5.95. The van der Waals surface area contributed by atoms with Crippen LogP contribution in [0.5, 0.6) is 0 Å².